The first-order chi connectivity index (χ1) is 14.7. The van der Waals surface area contributed by atoms with Gasteiger partial charge in [0.05, 0.1) is 5.02 Å². The second-order valence-electron chi connectivity index (χ2n) is 7.90. The molecule has 0 aliphatic carbocycles. The summed E-state index contributed by atoms with van der Waals surface area (Å²) < 4.78 is 25.2. The van der Waals surface area contributed by atoms with E-state index in [2.05, 4.69) is 50.8 Å². The molecule has 1 N–H and O–H groups in total. The monoisotopic (exact) mass is 468 g/mol. The molecular formula is C17H22ClFN8O3Si. The number of nitrogens with one attached hydrogen (secondary N) is 1. The predicted molar refractivity (Wildman–Crippen MR) is 114 cm³/mol. The van der Waals surface area contributed by atoms with Crippen molar-refractivity contribution in [3.05, 3.63) is 34.7 Å². The van der Waals surface area contributed by atoms with Gasteiger partial charge < -0.3 is 15.0 Å². The number of aromatic nitrogens is 6. The Hall–Kier alpha value is -2.90. The predicted octanol–water partition coefficient (Wildman–Crippen LogP) is 3.18. The van der Waals surface area contributed by atoms with Crippen molar-refractivity contribution in [3.63, 3.8) is 0 Å². The molecule has 0 spiro atoms. The maximum Gasteiger partial charge on any atom is 0.284 e. The lowest BCUT2D eigenvalue weighted by molar-refractivity contribution is 0.0787. The molecule has 0 aliphatic rings. The topological polar surface area (TPSA) is 124 Å². The Morgan fingerprint density at radius 3 is 2.84 bits per heavy atom. The summed E-state index contributed by atoms with van der Waals surface area (Å²) in [5.74, 6) is -0.930. The van der Waals surface area contributed by atoms with Gasteiger partial charge in [-0.25, -0.2) is 9.02 Å². The van der Waals surface area contributed by atoms with E-state index in [0.717, 1.165) is 12.1 Å². The van der Waals surface area contributed by atoms with E-state index in [1.54, 1.807) is 0 Å². The van der Waals surface area contributed by atoms with Crippen molar-refractivity contribution in [2.24, 2.45) is 0 Å². The zero-order chi connectivity index (χ0) is 22.6. The van der Waals surface area contributed by atoms with Crippen LogP contribution < -0.4 is 10.2 Å². The number of amides is 1. The van der Waals surface area contributed by atoms with Crippen LogP contribution in [-0.2, 0) is 11.5 Å². The Labute approximate surface area is 183 Å². The first kappa shape index (κ1) is 22.8. The van der Waals surface area contributed by atoms with Crippen molar-refractivity contribution >= 4 is 43.0 Å². The van der Waals surface area contributed by atoms with Crippen LogP contribution in [0.1, 0.15) is 10.5 Å². The van der Waals surface area contributed by atoms with Crippen LogP contribution in [0.2, 0.25) is 30.7 Å². The molecule has 0 bridgehead atoms. The number of benzene rings is 1. The van der Waals surface area contributed by atoms with E-state index in [-0.39, 0.29) is 29.2 Å². The number of rotatable bonds is 9. The fourth-order valence-electron chi connectivity index (χ4n) is 2.40. The van der Waals surface area contributed by atoms with Crippen LogP contribution in [0.3, 0.4) is 0 Å². The van der Waals surface area contributed by atoms with Crippen LogP contribution in [0, 0.1) is 5.82 Å². The van der Waals surface area contributed by atoms with Crippen molar-refractivity contribution < 1.29 is 18.6 Å². The first-order valence-electron chi connectivity index (χ1n) is 9.32. The van der Waals surface area contributed by atoms with E-state index in [1.807, 2.05) is 0 Å². The fraction of sp³-hybridized carbons (Fsp3) is 0.412. The molecule has 0 saturated heterocycles. The zero-order valence-corrected chi connectivity index (χ0v) is 19.2. The van der Waals surface area contributed by atoms with Crippen LogP contribution in [-0.4, -0.2) is 58.2 Å². The van der Waals surface area contributed by atoms with Crippen LogP contribution >= 0.6 is 11.6 Å². The second-order valence-corrected chi connectivity index (χ2v) is 13.9. The van der Waals surface area contributed by atoms with Gasteiger partial charge in [0.25, 0.3) is 11.9 Å². The molecule has 0 atom stereocenters. The standard InChI is InChI=1S/C17H22ClFN8O3Si/c1-26(11-5-6-13(19)12(18)9-11)16(28)14-15(23-30-22-14)20-17-21-24-25-27(17)10-29-7-8-31(2,3)4/h5-6,9H,7-8,10H2,1-4H3,(H,20,21,23,25). The summed E-state index contributed by atoms with van der Waals surface area (Å²) >= 11 is 5.80. The third-order valence-corrected chi connectivity index (χ3v) is 6.25. The fourth-order valence-corrected chi connectivity index (χ4v) is 3.33. The van der Waals surface area contributed by atoms with E-state index >= 15 is 0 Å². The van der Waals surface area contributed by atoms with Crippen molar-refractivity contribution in [3.8, 4) is 0 Å². The molecule has 3 rings (SSSR count). The van der Waals surface area contributed by atoms with Gasteiger partial charge in [0.1, 0.15) is 12.5 Å². The minimum atomic E-state index is -1.21. The van der Waals surface area contributed by atoms with Crippen molar-refractivity contribution in [1.29, 1.82) is 0 Å². The van der Waals surface area contributed by atoms with Gasteiger partial charge in [-0.05, 0) is 45.0 Å². The third kappa shape index (κ3) is 5.83. The first-order valence-corrected chi connectivity index (χ1v) is 13.4. The smallest absolute Gasteiger partial charge is 0.284 e. The molecule has 0 radical (unpaired) electrons. The lowest BCUT2D eigenvalue weighted by atomic mass is 10.2. The minimum absolute atomic E-state index is 0.0169. The summed E-state index contributed by atoms with van der Waals surface area (Å²) in [5, 5.41) is 21.4. The van der Waals surface area contributed by atoms with E-state index < -0.39 is 19.8 Å². The van der Waals surface area contributed by atoms with E-state index in [0.29, 0.717) is 12.3 Å². The van der Waals surface area contributed by atoms with Crippen LogP contribution in [0.25, 0.3) is 0 Å². The summed E-state index contributed by atoms with van der Waals surface area (Å²) in [6.07, 6.45) is 0. The molecule has 2 aromatic heterocycles. The summed E-state index contributed by atoms with van der Waals surface area (Å²) in [4.78, 5) is 14.1. The SMILES string of the molecule is CN(C(=O)c1nonc1Nc1nnnn1COCC[Si](C)(C)C)c1ccc(F)c(Cl)c1. The Kier molecular flexibility index (Phi) is 6.97. The molecule has 166 valence electrons. The van der Waals surface area contributed by atoms with Gasteiger partial charge >= 0.3 is 0 Å². The average Bonchev–Trinajstić information content (AvgIpc) is 3.35. The lowest BCUT2D eigenvalue weighted by Crippen LogP contribution is -2.27. The molecule has 0 aliphatic heterocycles. The molecular weight excluding hydrogens is 447 g/mol. The van der Waals surface area contributed by atoms with Gasteiger partial charge in [0, 0.05) is 27.4 Å². The van der Waals surface area contributed by atoms with Gasteiger partial charge in [-0.1, -0.05) is 36.3 Å². The lowest BCUT2D eigenvalue weighted by Gasteiger charge is -2.16. The minimum Gasteiger partial charge on any atom is -0.359 e. The molecule has 3 aromatic rings. The van der Waals surface area contributed by atoms with Gasteiger partial charge in [-0.3, -0.25) is 4.79 Å². The Bertz CT molecular complexity index is 1050. The summed E-state index contributed by atoms with van der Waals surface area (Å²) in [7, 11) is 0.273. The number of tetrazole rings is 1. The number of carbonyl (C=O) groups is 1. The highest BCUT2D eigenvalue weighted by molar-refractivity contribution is 6.76. The van der Waals surface area contributed by atoms with Crippen LogP contribution in [0.4, 0.5) is 21.8 Å². The number of hydrogen-bond acceptors (Lipinski definition) is 9. The van der Waals surface area contributed by atoms with Gasteiger partial charge in [-0.15, -0.1) is 0 Å². The number of halogens is 2. The summed E-state index contributed by atoms with van der Waals surface area (Å²) in [5.41, 5.74) is 0.253. The van der Waals surface area contributed by atoms with Gasteiger partial charge in [0.2, 0.25) is 11.5 Å². The van der Waals surface area contributed by atoms with Gasteiger partial charge in [-0.2, -0.15) is 4.68 Å². The molecule has 0 saturated carbocycles. The molecule has 0 fully saturated rings. The number of hydrogen-bond donors (Lipinski definition) is 1. The van der Waals surface area contributed by atoms with Crippen molar-refractivity contribution in [1.82, 2.24) is 30.5 Å². The average molecular weight is 469 g/mol. The number of nitrogens with zero attached hydrogens (tertiary/aromatic N) is 7. The summed E-state index contributed by atoms with van der Waals surface area (Å²) in [6, 6.07) is 4.91. The molecule has 0 unspecified atom stereocenters. The quantitative estimate of drug-likeness (QED) is 0.372. The zero-order valence-electron chi connectivity index (χ0n) is 17.5. The highest BCUT2D eigenvalue weighted by Crippen LogP contribution is 2.24. The number of ether oxygens (including phenoxy) is 1. The Morgan fingerprint density at radius 1 is 1.35 bits per heavy atom. The van der Waals surface area contributed by atoms with Gasteiger partial charge in [0.15, 0.2) is 0 Å². The molecule has 31 heavy (non-hydrogen) atoms. The second kappa shape index (κ2) is 9.49. The van der Waals surface area contributed by atoms with Crippen LogP contribution in [0.5, 0.6) is 0 Å². The summed E-state index contributed by atoms with van der Waals surface area (Å²) in [6.45, 7) is 7.49. The number of carbonyl (C=O) groups excluding carboxylic acids is 1. The Balaban J connectivity index is 1.69. The highest BCUT2D eigenvalue weighted by Gasteiger charge is 2.25. The largest absolute Gasteiger partial charge is 0.359 e. The molecule has 11 nitrogen and oxygen atoms in total. The Morgan fingerprint density at radius 2 is 2.13 bits per heavy atom. The molecule has 14 heteroatoms. The molecule has 2 heterocycles. The maximum absolute atomic E-state index is 13.4. The third-order valence-electron chi connectivity index (χ3n) is 4.26. The van der Waals surface area contributed by atoms with E-state index in [1.165, 1.54) is 28.8 Å². The van der Waals surface area contributed by atoms with E-state index in [9.17, 15) is 9.18 Å². The maximum atomic E-state index is 13.4. The van der Waals surface area contributed by atoms with Crippen molar-refractivity contribution in [2.75, 3.05) is 23.9 Å². The highest BCUT2D eigenvalue weighted by atomic mass is 35.5. The molecule has 1 amide bonds. The molecule has 1 aromatic carbocycles. The van der Waals surface area contributed by atoms with Crippen molar-refractivity contribution in [2.45, 2.75) is 32.4 Å². The van der Waals surface area contributed by atoms with E-state index in [4.69, 9.17) is 21.0 Å². The normalized spacial score (nSPS) is 11.5. The van der Waals surface area contributed by atoms with Crippen LogP contribution in [0.15, 0.2) is 22.8 Å². The number of anilines is 3.